The van der Waals surface area contributed by atoms with Gasteiger partial charge in [0.1, 0.15) is 6.04 Å². The third-order valence-corrected chi connectivity index (χ3v) is 4.55. The van der Waals surface area contributed by atoms with E-state index in [1.165, 1.54) is 32.1 Å². The van der Waals surface area contributed by atoms with Crippen LogP contribution in [0, 0.1) is 5.41 Å². The summed E-state index contributed by atoms with van der Waals surface area (Å²) < 4.78 is 0. The number of carbonyl (C=O) groups is 1. The predicted molar refractivity (Wildman–Crippen MR) is 68.0 cm³/mol. The van der Waals surface area contributed by atoms with Crippen LogP contribution in [0.5, 0.6) is 0 Å². The van der Waals surface area contributed by atoms with E-state index < -0.39 is 5.97 Å². The Morgan fingerprint density at radius 3 is 2.47 bits per heavy atom. The van der Waals surface area contributed by atoms with Gasteiger partial charge in [-0.15, -0.1) is 0 Å². The molecule has 0 radical (unpaired) electrons. The molecule has 1 aliphatic carbocycles. The van der Waals surface area contributed by atoms with E-state index in [4.69, 9.17) is 0 Å². The van der Waals surface area contributed by atoms with Crippen molar-refractivity contribution in [3.8, 4) is 0 Å². The maximum Gasteiger partial charge on any atom is 0.320 e. The Kier molecular flexibility index (Phi) is 4.08. The number of rotatable bonds is 5. The molecule has 1 heterocycles. The molecular formula is C14H25NO2. The smallest absolute Gasteiger partial charge is 0.320 e. The lowest BCUT2D eigenvalue weighted by Gasteiger charge is -2.54. The van der Waals surface area contributed by atoms with Gasteiger partial charge >= 0.3 is 5.97 Å². The Morgan fingerprint density at radius 2 is 1.94 bits per heavy atom. The Balaban J connectivity index is 1.84. The monoisotopic (exact) mass is 239 g/mol. The molecule has 2 fully saturated rings. The highest BCUT2D eigenvalue weighted by molar-refractivity contribution is 5.73. The molecule has 0 aromatic heterocycles. The molecule has 3 heteroatoms. The van der Waals surface area contributed by atoms with Crippen molar-refractivity contribution in [3.05, 3.63) is 0 Å². The molecule has 1 aliphatic heterocycles. The summed E-state index contributed by atoms with van der Waals surface area (Å²) in [6.45, 7) is 4.19. The Morgan fingerprint density at radius 1 is 1.29 bits per heavy atom. The molecule has 1 unspecified atom stereocenters. The van der Waals surface area contributed by atoms with E-state index in [0.29, 0.717) is 5.41 Å². The van der Waals surface area contributed by atoms with E-state index >= 15 is 0 Å². The standard InChI is InChI=1S/C14H25NO2/c1-2-3-7-12(13(16)17)15-10-14(11-15)8-5-4-6-9-14/h12H,2-11H2,1H3,(H,16,17). The molecule has 0 amide bonds. The highest BCUT2D eigenvalue weighted by Crippen LogP contribution is 2.44. The maximum absolute atomic E-state index is 11.3. The average molecular weight is 239 g/mol. The van der Waals surface area contributed by atoms with E-state index in [1.807, 2.05) is 0 Å². The van der Waals surface area contributed by atoms with Gasteiger partial charge in [-0.25, -0.2) is 0 Å². The third kappa shape index (κ3) is 2.82. The van der Waals surface area contributed by atoms with E-state index in [9.17, 15) is 9.90 Å². The largest absolute Gasteiger partial charge is 0.480 e. The summed E-state index contributed by atoms with van der Waals surface area (Å²) in [5.74, 6) is -0.621. The van der Waals surface area contributed by atoms with E-state index in [1.54, 1.807) is 0 Å². The Labute approximate surface area is 104 Å². The second-order valence-electron chi connectivity index (χ2n) is 5.96. The van der Waals surface area contributed by atoms with Gasteiger partial charge in [0.15, 0.2) is 0 Å². The normalized spacial score (nSPS) is 25.5. The van der Waals surface area contributed by atoms with Crippen molar-refractivity contribution in [2.75, 3.05) is 13.1 Å². The molecule has 1 N–H and O–H groups in total. The first kappa shape index (κ1) is 12.9. The zero-order chi connectivity index (χ0) is 12.3. The van der Waals surface area contributed by atoms with Gasteiger partial charge in [0, 0.05) is 13.1 Å². The van der Waals surface area contributed by atoms with Crippen LogP contribution in [-0.2, 0) is 4.79 Å². The first-order valence-corrected chi connectivity index (χ1v) is 7.14. The van der Waals surface area contributed by atoms with Crippen molar-refractivity contribution < 1.29 is 9.90 Å². The number of hydrogen-bond acceptors (Lipinski definition) is 2. The summed E-state index contributed by atoms with van der Waals surface area (Å²) in [5, 5.41) is 9.28. The highest BCUT2D eigenvalue weighted by Gasteiger charge is 2.46. The van der Waals surface area contributed by atoms with Crippen molar-refractivity contribution in [1.82, 2.24) is 4.90 Å². The van der Waals surface area contributed by atoms with Gasteiger partial charge < -0.3 is 5.11 Å². The lowest BCUT2D eigenvalue weighted by molar-refractivity contribution is -0.151. The van der Waals surface area contributed by atoms with Gasteiger partial charge in [0.05, 0.1) is 0 Å². The van der Waals surface area contributed by atoms with Crippen molar-refractivity contribution in [1.29, 1.82) is 0 Å². The quantitative estimate of drug-likeness (QED) is 0.802. The Hall–Kier alpha value is -0.570. The third-order valence-electron chi connectivity index (χ3n) is 4.55. The number of carboxylic acids is 1. The molecule has 98 valence electrons. The first-order valence-electron chi connectivity index (χ1n) is 7.14. The SMILES string of the molecule is CCCCC(C(=O)O)N1CC2(CCCCC2)C1. The molecule has 0 aromatic rings. The molecule has 17 heavy (non-hydrogen) atoms. The van der Waals surface area contributed by atoms with Crippen LogP contribution >= 0.6 is 0 Å². The van der Waals surface area contributed by atoms with Crippen LogP contribution in [0.1, 0.15) is 58.3 Å². The topological polar surface area (TPSA) is 40.5 Å². The molecule has 1 spiro atoms. The lowest BCUT2D eigenvalue weighted by Crippen LogP contribution is -2.62. The van der Waals surface area contributed by atoms with Crippen LogP contribution in [0.2, 0.25) is 0 Å². The van der Waals surface area contributed by atoms with Gasteiger partial charge in [-0.3, -0.25) is 9.69 Å². The van der Waals surface area contributed by atoms with Crippen molar-refractivity contribution in [2.24, 2.45) is 5.41 Å². The van der Waals surface area contributed by atoms with Gasteiger partial charge in [-0.2, -0.15) is 0 Å². The maximum atomic E-state index is 11.3. The second-order valence-corrected chi connectivity index (χ2v) is 5.96. The van der Waals surface area contributed by atoms with Crippen molar-refractivity contribution in [3.63, 3.8) is 0 Å². The fourth-order valence-corrected chi connectivity index (χ4v) is 3.51. The van der Waals surface area contributed by atoms with E-state index in [0.717, 1.165) is 32.4 Å². The number of nitrogens with zero attached hydrogens (tertiary/aromatic N) is 1. The summed E-state index contributed by atoms with van der Waals surface area (Å²) >= 11 is 0. The molecule has 2 rings (SSSR count). The van der Waals surface area contributed by atoms with E-state index in [2.05, 4.69) is 11.8 Å². The molecule has 1 saturated heterocycles. The van der Waals surface area contributed by atoms with Crippen LogP contribution in [0.15, 0.2) is 0 Å². The molecule has 3 nitrogen and oxygen atoms in total. The minimum atomic E-state index is -0.621. The number of unbranched alkanes of at least 4 members (excludes halogenated alkanes) is 1. The van der Waals surface area contributed by atoms with Gasteiger partial charge in [0.25, 0.3) is 0 Å². The number of hydrogen-bond donors (Lipinski definition) is 1. The lowest BCUT2D eigenvalue weighted by atomic mass is 9.68. The summed E-state index contributed by atoms with van der Waals surface area (Å²) in [4.78, 5) is 13.5. The summed E-state index contributed by atoms with van der Waals surface area (Å²) in [6, 6.07) is -0.220. The molecule has 1 atom stereocenters. The van der Waals surface area contributed by atoms with Crippen molar-refractivity contribution >= 4 is 5.97 Å². The van der Waals surface area contributed by atoms with Crippen molar-refractivity contribution in [2.45, 2.75) is 64.3 Å². The summed E-state index contributed by atoms with van der Waals surface area (Å²) in [5.41, 5.74) is 0.498. The number of likely N-dealkylation sites (tertiary alicyclic amines) is 1. The molecular weight excluding hydrogens is 214 g/mol. The zero-order valence-electron chi connectivity index (χ0n) is 11.0. The fraction of sp³-hybridized carbons (Fsp3) is 0.929. The van der Waals surface area contributed by atoms with Gasteiger partial charge in [-0.05, 0) is 24.7 Å². The molecule has 0 bridgehead atoms. The zero-order valence-corrected chi connectivity index (χ0v) is 11.0. The predicted octanol–water partition coefficient (Wildman–Crippen LogP) is 2.90. The minimum Gasteiger partial charge on any atom is -0.480 e. The van der Waals surface area contributed by atoms with Crippen LogP contribution < -0.4 is 0 Å². The first-order chi connectivity index (χ1) is 8.17. The number of aliphatic carboxylic acids is 1. The van der Waals surface area contributed by atoms with Crippen LogP contribution in [0.4, 0.5) is 0 Å². The Bertz CT molecular complexity index is 263. The molecule has 0 aromatic carbocycles. The fourth-order valence-electron chi connectivity index (χ4n) is 3.51. The van der Waals surface area contributed by atoms with Crippen LogP contribution in [0.25, 0.3) is 0 Å². The second kappa shape index (κ2) is 5.38. The minimum absolute atomic E-state index is 0.220. The molecule has 2 aliphatic rings. The van der Waals surface area contributed by atoms with Gasteiger partial charge in [-0.1, -0.05) is 39.0 Å². The van der Waals surface area contributed by atoms with Crippen LogP contribution in [-0.4, -0.2) is 35.1 Å². The number of carboxylic acid groups (broad SMARTS) is 1. The van der Waals surface area contributed by atoms with E-state index in [-0.39, 0.29) is 6.04 Å². The summed E-state index contributed by atoms with van der Waals surface area (Å²) in [6.07, 6.45) is 9.65. The highest BCUT2D eigenvalue weighted by atomic mass is 16.4. The molecule has 1 saturated carbocycles. The van der Waals surface area contributed by atoms with Gasteiger partial charge in [0.2, 0.25) is 0 Å². The average Bonchev–Trinajstić information content (AvgIpc) is 2.28. The van der Waals surface area contributed by atoms with Crippen LogP contribution in [0.3, 0.4) is 0 Å². The summed E-state index contributed by atoms with van der Waals surface area (Å²) in [7, 11) is 0.